The molecule has 18 heavy (non-hydrogen) atoms. The first-order chi connectivity index (χ1) is 8.20. The monoisotopic (exact) mass is 266 g/mol. The molecule has 1 saturated heterocycles. The number of amides is 1. The van der Waals surface area contributed by atoms with E-state index in [1.165, 1.54) is 4.90 Å². The summed E-state index contributed by atoms with van der Waals surface area (Å²) in [4.78, 5) is 13.2. The van der Waals surface area contributed by atoms with Crippen LogP contribution in [0, 0.1) is 5.92 Å². The summed E-state index contributed by atoms with van der Waals surface area (Å²) in [5.41, 5.74) is 2.39. The number of alkyl halides is 3. The fraction of sp³-hybridized carbons (Fsp3) is 0.917. The maximum atomic E-state index is 12.7. The molecule has 6 heteroatoms. The summed E-state index contributed by atoms with van der Waals surface area (Å²) in [5.74, 6) is -0.510. The molecular formula is C12H21F3N2O. The molecule has 0 radical (unpaired) electrons. The van der Waals surface area contributed by atoms with E-state index in [-0.39, 0.29) is 0 Å². The zero-order valence-electron chi connectivity index (χ0n) is 10.9. The largest absolute Gasteiger partial charge is 0.415 e. The number of hydrogen-bond donors (Lipinski definition) is 1. The molecule has 0 aromatic heterocycles. The van der Waals surface area contributed by atoms with Gasteiger partial charge in [0, 0.05) is 13.1 Å². The number of carbonyl (C=O) groups excluding carboxylic acids is 1. The third kappa shape index (κ3) is 3.16. The van der Waals surface area contributed by atoms with Gasteiger partial charge in [0.15, 0.2) is 5.54 Å². The van der Waals surface area contributed by atoms with Gasteiger partial charge in [0.2, 0.25) is 0 Å². The fourth-order valence-corrected chi connectivity index (χ4v) is 2.23. The van der Waals surface area contributed by atoms with Gasteiger partial charge in [-0.25, -0.2) is 0 Å². The van der Waals surface area contributed by atoms with E-state index in [0.717, 1.165) is 32.6 Å². The van der Waals surface area contributed by atoms with Crippen LogP contribution >= 0.6 is 0 Å². The highest BCUT2D eigenvalue weighted by atomic mass is 19.4. The van der Waals surface area contributed by atoms with Gasteiger partial charge in [-0.3, -0.25) is 4.79 Å². The molecule has 1 rings (SSSR count). The highest BCUT2D eigenvalue weighted by Crippen LogP contribution is 2.31. The molecule has 0 aromatic carbocycles. The first-order valence-electron chi connectivity index (χ1n) is 6.35. The molecule has 1 fully saturated rings. The Morgan fingerprint density at radius 1 is 1.33 bits per heavy atom. The summed E-state index contributed by atoms with van der Waals surface area (Å²) in [6.45, 7) is 3.56. The van der Waals surface area contributed by atoms with Crippen molar-refractivity contribution in [3.8, 4) is 0 Å². The smallest absolute Gasteiger partial charge is 0.341 e. The van der Waals surface area contributed by atoms with Crippen molar-refractivity contribution in [2.75, 3.05) is 13.1 Å². The number of carbonyl (C=O) groups is 1. The third-order valence-corrected chi connectivity index (χ3v) is 3.75. The summed E-state index contributed by atoms with van der Waals surface area (Å²) < 4.78 is 38.1. The van der Waals surface area contributed by atoms with Crippen LogP contribution in [0.4, 0.5) is 13.2 Å². The van der Waals surface area contributed by atoms with E-state index < -0.39 is 17.6 Å². The van der Waals surface area contributed by atoms with E-state index >= 15 is 0 Å². The summed E-state index contributed by atoms with van der Waals surface area (Å²) in [7, 11) is 0. The minimum Gasteiger partial charge on any atom is -0.341 e. The lowest BCUT2D eigenvalue weighted by Crippen LogP contribution is -2.62. The molecule has 0 aromatic rings. The zero-order chi connectivity index (χ0) is 14.0. The van der Waals surface area contributed by atoms with Crippen LogP contribution in [0.15, 0.2) is 0 Å². The number of nitrogens with zero attached hydrogens (tertiary/aromatic N) is 1. The van der Waals surface area contributed by atoms with Crippen molar-refractivity contribution in [3.63, 3.8) is 0 Å². The van der Waals surface area contributed by atoms with E-state index in [0.29, 0.717) is 19.0 Å². The topological polar surface area (TPSA) is 46.3 Å². The van der Waals surface area contributed by atoms with Gasteiger partial charge in [0.1, 0.15) is 0 Å². The molecule has 1 aliphatic heterocycles. The summed E-state index contributed by atoms with van der Waals surface area (Å²) in [6, 6.07) is 0. The van der Waals surface area contributed by atoms with Crippen LogP contribution in [-0.4, -0.2) is 35.6 Å². The maximum absolute atomic E-state index is 12.7. The standard InChI is InChI=1S/C12H21F3N2O/c1-3-9-5-4-7-17(8-6-9)10(18)11(2,16)12(13,14)15/h9H,3-8,16H2,1-2H3. The second-order valence-corrected chi connectivity index (χ2v) is 5.20. The average molecular weight is 266 g/mol. The Balaban J connectivity index is 2.73. The van der Waals surface area contributed by atoms with Gasteiger partial charge < -0.3 is 10.6 Å². The summed E-state index contributed by atoms with van der Waals surface area (Å²) >= 11 is 0. The third-order valence-electron chi connectivity index (χ3n) is 3.75. The van der Waals surface area contributed by atoms with Crippen molar-refractivity contribution >= 4 is 5.91 Å². The molecule has 0 saturated carbocycles. The maximum Gasteiger partial charge on any atom is 0.415 e. The Morgan fingerprint density at radius 2 is 1.94 bits per heavy atom. The van der Waals surface area contributed by atoms with Crippen LogP contribution in [0.25, 0.3) is 0 Å². The molecule has 0 bridgehead atoms. The van der Waals surface area contributed by atoms with Crippen LogP contribution in [0.2, 0.25) is 0 Å². The summed E-state index contributed by atoms with van der Waals surface area (Å²) in [6.07, 6.45) is -1.23. The van der Waals surface area contributed by atoms with Crippen LogP contribution in [-0.2, 0) is 4.79 Å². The van der Waals surface area contributed by atoms with Gasteiger partial charge in [-0.05, 0) is 32.1 Å². The minimum absolute atomic E-state index is 0.373. The number of nitrogens with two attached hydrogens (primary N) is 1. The number of hydrogen-bond acceptors (Lipinski definition) is 2. The van der Waals surface area contributed by atoms with E-state index in [4.69, 9.17) is 5.73 Å². The highest BCUT2D eigenvalue weighted by molar-refractivity contribution is 5.86. The second kappa shape index (κ2) is 5.47. The Morgan fingerprint density at radius 3 is 2.44 bits per heavy atom. The van der Waals surface area contributed by atoms with Gasteiger partial charge in [0.25, 0.3) is 5.91 Å². The Labute approximate surface area is 106 Å². The zero-order valence-corrected chi connectivity index (χ0v) is 10.9. The summed E-state index contributed by atoms with van der Waals surface area (Å²) in [5, 5.41) is 0. The molecule has 1 heterocycles. The molecule has 3 nitrogen and oxygen atoms in total. The fourth-order valence-electron chi connectivity index (χ4n) is 2.23. The van der Waals surface area contributed by atoms with Crippen molar-refractivity contribution < 1.29 is 18.0 Å². The molecule has 2 N–H and O–H groups in total. The van der Waals surface area contributed by atoms with E-state index in [2.05, 4.69) is 6.92 Å². The van der Waals surface area contributed by atoms with Crippen LogP contribution < -0.4 is 5.73 Å². The van der Waals surface area contributed by atoms with E-state index in [1.807, 2.05) is 0 Å². The Hall–Kier alpha value is -0.780. The molecule has 0 spiro atoms. The molecule has 0 aliphatic carbocycles. The quantitative estimate of drug-likeness (QED) is 0.833. The molecule has 2 atom stereocenters. The minimum atomic E-state index is -4.71. The van der Waals surface area contributed by atoms with Crippen molar-refractivity contribution in [2.45, 2.75) is 51.2 Å². The highest BCUT2D eigenvalue weighted by Gasteiger charge is 2.55. The van der Waals surface area contributed by atoms with Crippen molar-refractivity contribution in [1.29, 1.82) is 0 Å². The number of rotatable bonds is 2. The Kier molecular flexibility index (Phi) is 4.64. The first kappa shape index (κ1) is 15.3. The van der Waals surface area contributed by atoms with Crippen molar-refractivity contribution in [3.05, 3.63) is 0 Å². The predicted octanol–water partition coefficient (Wildman–Crippen LogP) is 2.30. The molecule has 1 amide bonds. The van der Waals surface area contributed by atoms with Crippen LogP contribution in [0.5, 0.6) is 0 Å². The van der Waals surface area contributed by atoms with Gasteiger partial charge in [-0.15, -0.1) is 0 Å². The average Bonchev–Trinajstić information content (AvgIpc) is 2.51. The molecule has 106 valence electrons. The van der Waals surface area contributed by atoms with Crippen LogP contribution in [0.1, 0.15) is 39.5 Å². The molecular weight excluding hydrogens is 245 g/mol. The lowest BCUT2D eigenvalue weighted by atomic mass is 9.98. The number of halogens is 3. The van der Waals surface area contributed by atoms with Gasteiger partial charge >= 0.3 is 6.18 Å². The second-order valence-electron chi connectivity index (χ2n) is 5.20. The van der Waals surface area contributed by atoms with Crippen molar-refractivity contribution in [1.82, 2.24) is 4.90 Å². The first-order valence-corrected chi connectivity index (χ1v) is 6.35. The van der Waals surface area contributed by atoms with Gasteiger partial charge in [-0.2, -0.15) is 13.2 Å². The van der Waals surface area contributed by atoms with E-state index in [1.54, 1.807) is 0 Å². The van der Waals surface area contributed by atoms with Gasteiger partial charge in [-0.1, -0.05) is 13.3 Å². The van der Waals surface area contributed by atoms with Crippen molar-refractivity contribution in [2.24, 2.45) is 11.7 Å². The number of likely N-dealkylation sites (tertiary alicyclic amines) is 1. The van der Waals surface area contributed by atoms with E-state index in [9.17, 15) is 18.0 Å². The molecule has 1 aliphatic rings. The van der Waals surface area contributed by atoms with Gasteiger partial charge in [0.05, 0.1) is 0 Å². The Bertz CT molecular complexity index is 302. The SMILES string of the molecule is CCC1CCCN(C(=O)C(C)(N)C(F)(F)F)CC1. The normalized spacial score (nSPS) is 25.4. The lowest BCUT2D eigenvalue weighted by molar-refractivity contribution is -0.193. The molecule has 2 unspecified atom stereocenters. The predicted molar refractivity (Wildman–Crippen MR) is 62.9 cm³/mol. The van der Waals surface area contributed by atoms with Crippen LogP contribution in [0.3, 0.4) is 0 Å². The lowest BCUT2D eigenvalue weighted by Gasteiger charge is -2.32.